The van der Waals surface area contributed by atoms with Crippen molar-refractivity contribution in [2.24, 2.45) is 0 Å². The summed E-state index contributed by atoms with van der Waals surface area (Å²) in [4.78, 5) is 4.05. The maximum Gasteiger partial charge on any atom is 0.219 e. The van der Waals surface area contributed by atoms with E-state index in [-0.39, 0.29) is 0 Å². The Morgan fingerprint density at radius 3 is 2.73 bits per heavy atom. The number of nitrogen functional groups attached to an aromatic ring is 1. The van der Waals surface area contributed by atoms with Crippen molar-refractivity contribution < 1.29 is 0 Å². The lowest BCUT2D eigenvalue weighted by atomic mass is 10.2. The molecule has 0 saturated carbocycles. The number of rotatable bonds is 2. The van der Waals surface area contributed by atoms with Crippen molar-refractivity contribution in [3.63, 3.8) is 0 Å². The molecule has 0 saturated heterocycles. The molecule has 1 aromatic carbocycles. The van der Waals surface area contributed by atoms with E-state index in [9.17, 15) is 0 Å². The highest BCUT2D eigenvalue weighted by Crippen LogP contribution is 2.17. The highest BCUT2D eigenvalue weighted by atomic mass is 79.9. The van der Waals surface area contributed by atoms with E-state index in [2.05, 4.69) is 26.0 Å². The van der Waals surface area contributed by atoms with E-state index in [0.29, 0.717) is 18.3 Å². The van der Waals surface area contributed by atoms with Gasteiger partial charge in [0.15, 0.2) is 0 Å². The Labute approximate surface area is 96.3 Å². The van der Waals surface area contributed by atoms with Crippen LogP contribution in [0.15, 0.2) is 28.7 Å². The van der Waals surface area contributed by atoms with Gasteiger partial charge in [-0.25, -0.2) is 4.68 Å². The van der Waals surface area contributed by atoms with E-state index in [1.807, 2.05) is 31.2 Å². The minimum atomic E-state index is 0.447. The molecule has 4 nitrogen and oxygen atoms in total. The number of halogens is 1. The quantitative estimate of drug-likeness (QED) is 0.905. The van der Waals surface area contributed by atoms with E-state index in [1.165, 1.54) is 0 Å². The van der Waals surface area contributed by atoms with E-state index in [4.69, 9.17) is 5.73 Å². The third kappa shape index (κ3) is 2.18. The zero-order chi connectivity index (χ0) is 10.8. The van der Waals surface area contributed by atoms with Crippen LogP contribution in [0.5, 0.6) is 0 Å². The molecule has 15 heavy (non-hydrogen) atoms. The molecule has 78 valence electrons. The summed E-state index contributed by atoms with van der Waals surface area (Å²) in [5.41, 5.74) is 6.85. The van der Waals surface area contributed by atoms with E-state index < -0.39 is 0 Å². The topological polar surface area (TPSA) is 56.7 Å². The highest BCUT2D eigenvalue weighted by molar-refractivity contribution is 9.10. The number of anilines is 1. The average molecular weight is 267 g/mol. The van der Waals surface area contributed by atoms with Crippen molar-refractivity contribution in [1.82, 2.24) is 14.8 Å². The van der Waals surface area contributed by atoms with Crippen molar-refractivity contribution >= 4 is 21.9 Å². The van der Waals surface area contributed by atoms with Crippen molar-refractivity contribution in [3.05, 3.63) is 40.1 Å². The molecule has 0 aliphatic rings. The van der Waals surface area contributed by atoms with Gasteiger partial charge in [0, 0.05) is 4.47 Å². The third-order valence-electron chi connectivity index (χ3n) is 2.08. The number of hydrogen-bond donors (Lipinski definition) is 1. The summed E-state index contributed by atoms with van der Waals surface area (Å²) >= 11 is 3.48. The zero-order valence-electron chi connectivity index (χ0n) is 8.31. The molecule has 1 aromatic heterocycles. The van der Waals surface area contributed by atoms with Crippen LogP contribution >= 0.6 is 15.9 Å². The van der Waals surface area contributed by atoms with Crippen LogP contribution in [0.4, 0.5) is 5.95 Å². The Kier molecular flexibility index (Phi) is 2.73. The molecule has 2 N–H and O–H groups in total. The highest BCUT2D eigenvalue weighted by Gasteiger charge is 2.05. The molecule has 0 radical (unpaired) electrons. The molecule has 0 aliphatic heterocycles. The molecule has 2 aromatic rings. The Balaban J connectivity index is 2.29. The lowest BCUT2D eigenvalue weighted by Gasteiger charge is -2.04. The summed E-state index contributed by atoms with van der Waals surface area (Å²) in [6.45, 7) is 2.46. The van der Waals surface area contributed by atoms with Crippen LogP contribution < -0.4 is 5.73 Å². The van der Waals surface area contributed by atoms with Gasteiger partial charge in [0.25, 0.3) is 0 Å². The fourth-order valence-electron chi connectivity index (χ4n) is 1.38. The van der Waals surface area contributed by atoms with Gasteiger partial charge in [0.2, 0.25) is 5.95 Å². The number of nitrogens with zero attached hydrogens (tertiary/aromatic N) is 3. The Morgan fingerprint density at radius 2 is 2.13 bits per heavy atom. The smallest absolute Gasteiger partial charge is 0.219 e. The summed E-state index contributed by atoms with van der Waals surface area (Å²) in [6, 6.07) is 7.99. The molecule has 0 spiro atoms. The molecule has 0 fully saturated rings. The number of hydrogen-bond acceptors (Lipinski definition) is 3. The second kappa shape index (κ2) is 4.02. The van der Waals surface area contributed by atoms with Crippen LogP contribution in [0.3, 0.4) is 0 Å². The molecule has 2 rings (SSSR count). The Morgan fingerprint density at radius 1 is 1.40 bits per heavy atom. The fraction of sp³-hybridized carbons (Fsp3) is 0.200. The van der Waals surface area contributed by atoms with E-state index in [1.54, 1.807) is 4.68 Å². The average Bonchev–Trinajstić information content (AvgIpc) is 2.49. The first-order chi connectivity index (χ1) is 7.16. The Bertz CT molecular complexity index is 478. The second-order valence-electron chi connectivity index (χ2n) is 3.27. The zero-order valence-corrected chi connectivity index (χ0v) is 9.90. The number of benzene rings is 1. The second-order valence-corrected chi connectivity index (χ2v) is 4.12. The van der Waals surface area contributed by atoms with E-state index in [0.717, 1.165) is 10.0 Å². The maximum absolute atomic E-state index is 5.71. The van der Waals surface area contributed by atoms with Crippen molar-refractivity contribution in [3.8, 4) is 0 Å². The summed E-state index contributed by atoms with van der Waals surface area (Å²) in [5, 5.41) is 4.21. The molecular weight excluding hydrogens is 256 g/mol. The molecule has 0 atom stereocenters. The normalized spacial score (nSPS) is 10.5. The monoisotopic (exact) mass is 266 g/mol. The minimum Gasteiger partial charge on any atom is -0.368 e. The van der Waals surface area contributed by atoms with Crippen LogP contribution in [-0.4, -0.2) is 14.8 Å². The predicted molar refractivity (Wildman–Crippen MR) is 62.4 cm³/mol. The molecule has 0 unspecified atom stereocenters. The number of aryl methyl sites for hydroxylation is 1. The summed E-state index contributed by atoms with van der Waals surface area (Å²) < 4.78 is 2.74. The van der Waals surface area contributed by atoms with Crippen LogP contribution in [0.2, 0.25) is 0 Å². The number of aromatic nitrogens is 3. The van der Waals surface area contributed by atoms with Crippen LogP contribution in [0.1, 0.15) is 11.4 Å². The standard InChI is InChI=1S/C10H11BrN4/c1-7-13-10(12)15(14-7)6-8-4-2-3-5-9(8)11/h2-5H,6H2,1H3,(H2,12,13,14). The number of nitrogens with two attached hydrogens (primary N) is 1. The summed E-state index contributed by atoms with van der Waals surface area (Å²) in [5.74, 6) is 1.14. The van der Waals surface area contributed by atoms with Crippen molar-refractivity contribution in [2.45, 2.75) is 13.5 Å². The molecule has 0 bridgehead atoms. The molecule has 5 heteroatoms. The summed E-state index contributed by atoms with van der Waals surface area (Å²) in [7, 11) is 0. The van der Waals surface area contributed by atoms with Gasteiger partial charge < -0.3 is 5.73 Å². The first-order valence-electron chi connectivity index (χ1n) is 4.57. The van der Waals surface area contributed by atoms with Gasteiger partial charge in [-0.2, -0.15) is 10.1 Å². The van der Waals surface area contributed by atoms with Gasteiger partial charge in [-0.05, 0) is 18.6 Å². The largest absolute Gasteiger partial charge is 0.368 e. The molecule has 0 amide bonds. The van der Waals surface area contributed by atoms with Crippen LogP contribution in [0, 0.1) is 6.92 Å². The first kappa shape index (κ1) is 10.2. The van der Waals surface area contributed by atoms with E-state index >= 15 is 0 Å². The molecule has 1 heterocycles. The molecule has 0 aliphatic carbocycles. The first-order valence-corrected chi connectivity index (χ1v) is 5.36. The lowest BCUT2D eigenvalue weighted by molar-refractivity contribution is 0.687. The maximum atomic E-state index is 5.71. The molecular formula is C10H11BrN4. The van der Waals surface area contributed by atoms with Crippen LogP contribution in [0.25, 0.3) is 0 Å². The fourth-order valence-corrected chi connectivity index (χ4v) is 1.79. The predicted octanol–water partition coefficient (Wildman–Crippen LogP) is 1.98. The third-order valence-corrected chi connectivity index (χ3v) is 2.86. The van der Waals surface area contributed by atoms with Crippen molar-refractivity contribution in [1.29, 1.82) is 0 Å². The van der Waals surface area contributed by atoms with Gasteiger partial charge in [0.1, 0.15) is 5.82 Å². The minimum absolute atomic E-state index is 0.447. The summed E-state index contributed by atoms with van der Waals surface area (Å²) in [6.07, 6.45) is 0. The lowest BCUT2D eigenvalue weighted by Crippen LogP contribution is -2.06. The van der Waals surface area contributed by atoms with Gasteiger partial charge in [-0.1, -0.05) is 34.1 Å². The van der Waals surface area contributed by atoms with Gasteiger partial charge in [-0.3, -0.25) is 0 Å². The van der Waals surface area contributed by atoms with Gasteiger partial charge in [-0.15, -0.1) is 0 Å². The van der Waals surface area contributed by atoms with Crippen molar-refractivity contribution in [2.75, 3.05) is 5.73 Å². The Hall–Kier alpha value is -1.36. The van der Waals surface area contributed by atoms with Crippen LogP contribution in [-0.2, 0) is 6.54 Å². The SMILES string of the molecule is Cc1nc(N)n(Cc2ccccc2Br)n1. The van der Waals surface area contributed by atoms with Gasteiger partial charge in [0.05, 0.1) is 6.54 Å². The van der Waals surface area contributed by atoms with Gasteiger partial charge >= 0.3 is 0 Å².